The third-order valence-electron chi connectivity index (χ3n) is 2.54. The Balaban J connectivity index is 2.14. The van der Waals surface area contributed by atoms with Gasteiger partial charge in [-0.1, -0.05) is 12.2 Å². The lowest BCUT2D eigenvalue weighted by Gasteiger charge is -2.32. The summed E-state index contributed by atoms with van der Waals surface area (Å²) in [6.45, 7) is 0. The number of carbonyl (C=O) groups excluding carboxylic acids is 1. The Labute approximate surface area is 80.9 Å². The summed E-state index contributed by atoms with van der Waals surface area (Å²) in [4.78, 5) is 23.3. The van der Waals surface area contributed by atoms with Crippen LogP contribution in [-0.2, 0) is 9.53 Å². The van der Waals surface area contributed by atoms with Gasteiger partial charge in [0.05, 0.1) is 6.04 Å². The second kappa shape index (κ2) is 3.32. The Morgan fingerprint density at radius 2 is 2.43 bits per heavy atom. The zero-order valence-corrected chi connectivity index (χ0v) is 7.55. The fourth-order valence-electron chi connectivity index (χ4n) is 1.97. The van der Waals surface area contributed by atoms with Gasteiger partial charge in [0, 0.05) is 12.8 Å². The molecule has 1 N–H and O–H groups in total. The monoisotopic (exact) mass is 197 g/mol. The van der Waals surface area contributed by atoms with E-state index in [9.17, 15) is 9.59 Å². The molecule has 0 aliphatic carbocycles. The van der Waals surface area contributed by atoms with Crippen LogP contribution >= 0.6 is 0 Å². The molecular formula is C9H11NO4. The highest BCUT2D eigenvalue weighted by Gasteiger charge is 2.38. The maximum atomic E-state index is 11.4. The molecule has 0 radical (unpaired) electrons. The molecule has 14 heavy (non-hydrogen) atoms. The first-order valence-corrected chi connectivity index (χ1v) is 4.56. The van der Waals surface area contributed by atoms with Crippen molar-refractivity contribution >= 4 is 12.1 Å². The van der Waals surface area contributed by atoms with Crippen molar-refractivity contribution in [1.29, 1.82) is 0 Å². The van der Waals surface area contributed by atoms with Crippen molar-refractivity contribution in [2.24, 2.45) is 0 Å². The molecule has 0 aromatic carbocycles. The van der Waals surface area contributed by atoms with Gasteiger partial charge in [-0.3, -0.25) is 4.79 Å². The van der Waals surface area contributed by atoms with Gasteiger partial charge in [0.1, 0.15) is 0 Å². The summed E-state index contributed by atoms with van der Waals surface area (Å²) in [5.74, 6) is -0.0226. The maximum absolute atomic E-state index is 11.4. The Morgan fingerprint density at radius 3 is 3.14 bits per heavy atom. The minimum absolute atomic E-state index is 0.0226. The van der Waals surface area contributed by atoms with Gasteiger partial charge >= 0.3 is 6.16 Å². The van der Waals surface area contributed by atoms with E-state index in [1.54, 1.807) is 0 Å². The van der Waals surface area contributed by atoms with Gasteiger partial charge in [-0.2, -0.15) is 0 Å². The van der Waals surface area contributed by atoms with E-state index in [0.717, 1.165) is 6.42 Å². The number of nitrogens with zero attached hydrogens (tertiary/aromatic N) is 1. The van der Waals surface area contributed by atoms with Crippen molar-refractivity contribution < 1.29 is 19.4 Å². The second-order valence-electron chi connectivity index (χ2n) is 3.41. The Hall–Kier alpha value is -1.52. The first kappa shape index (κ1) is 9.05. The minimum atomic E-state index is -1.33. The number of hydrogen-bond acceptors (Lipinski definition) is 3. The summed E-state index contributed by atoms with van der Waals surface area (Å²) in [5, 5.41) is 8.49. The predicted molar refractivity (Wildman–Crippen MR) is 46.5 cm³/mol. The third kappa shape index (κ3) is 1.45. The van der Waals surface area contributed by atoms with Gasteiger partial charge in [-0.25, -0.2) is 4.79 Å². The average molecular weight is 197 g/mol. The van der Waals surface area contributed by atoms with Crippen molar-refractivity contribution in [1.82, 2.24) is 4.90 Å². The molecular weight excluding hydrogens is 186 g/mol. The number of carboxylic acid groups (broad SMARTS) is 1. The van der Waals surface area contributed by atoms with Gasteiger partial charge in [0.15, 0.2) is 6.23 Å². The van der Waals surface area contributed by atoms with Gasteiger partial charge in [0.2, 0.25) is 5.91 Å². The van der Waals surface area contributed by atoms with Crippen LogP contribution in [0.15, 0.2) is 12.2 Å². The molecule has 2 atom stereocenters. The van der Waals surface area contributed by atoms with E-state index >= 15 is 0 Å². The van der Waals surface area contributed by atoms with Crippen molar-refractivity contribution in [2.75, 3.05) is 0 Å². The molecule has 1 amide bonds. The Morgan fingerprint density at radius 1 is 1.64 bits per heavy atom. The van der Waals surface area contributed by atoms with E-state index in [1.165, 1.54) is 4.90 Å². The van der Waals surface area contributed by atoms with Gasteiger partial charge in [-0.05, 0) is 6.42 Å². The van der Waals surface area contributed by atoms with Crippen LogP contribution in [-0.4, -0.2) is 34.3 Å². The van der Waals surface area contributed by atoms with E-state index in [-0.39, 0.29) is 11.9 Å². The summed E-state index contributed by atoms with van der Waals surface area (Å²) in [6.07, 6.45) is 3.54. The second-order valence-corrected chi connectivity index (χ2v) is 3.41. The summed E-state index contributed by atoms with van der Waals surface area (Å²) < 4.78 is 4.65. The highest BCUT2D eigenvalue weighted by molar-refractivity contribution is 5.79. The number of carbonyl (C=O) groups is 2. The topological polar surface area (TPSA) is 66.8 Å². The van der Waals surface area contributed by atoms with Crippen LogP contribution < -0.4 is 0 Å². The zero-order chi connectivity index (χ0) is 10.1. The average Bonchev–Trinajstić information content (AvgIpc) is 2.48. The molecule has 2 unspecified atom stereocenters. The first-order chi connectivity index (χ1) is 6.68. The van der Waals surface area contributed by atoms with Crippen LogP contribution in [0, 0.1) is 0 Å². The molecule has 2 aliphatic heterocycles. The van der Waals surface area contributed by atoms with Gasteiger partial charge in [0.25, 0.3) is 0 Å². The van der Waals surface area contributed by atoms with Crippen LogP contribution in [0.2, 0.25) is 0 Å². The largest absolute Gasteiger partial charge is 0.507 e. The Bertz CT molecular complexity index is 299. The van der Waals surface area contributed by atoms with E-state index in [1.807, 2.05) is 12.2 Å². The van der Waals surface area contributed by atoms with Crippen LogP contribution in [0.1, 0.15) is 19.3 Å². The third-order valence-corrected chi connectivity index (χ3v) is 2.54. The lowest BCUT2D eigenvalue weighted by atomic mass is 10.1. The molecule has 0 saturated carbocycles. The maximum Gasteiger partial charge on any atom is 0.507 e. The van der Waals surface area contributed by atoms with Crippen molar-refractivity contribution in [2.45, 2.75) is 31.5 Å². The molecule has 1 saturated heterocycles. The molecule has 5 heteroatoms. The molecule has 76 valence electrons. The fourth-order valence-corrected chi connectivity index (χ4v) is 1.97. The standard InChI is InChI=1S/C9H11NO4/c11-7-5-4-6-2-1-3-8(10(6)7)14-9(12)13/h1-2,6,8H,3-5H2,(H,12,13). The molecule has 0 bridgehead atoms. The molecule has 1 fully saturated rings. The number of ether oxygens (including phenoxy) is 1. The van der Waals surface area contributed by atoms with Crippen LogP contribution in [0.4, 0.5) is 4.79 Å². The number of amides is 1. The van der Waals surface area contributed by atoms with Gasteiger partial charge in [-0.15, -0.1) is 0 Å². The van der Waals surface area contributed by atoms with Crippen LogP contribution in [0.3, 0.4) is 0 Å². The summed E-state index contributed by atoms with van der Waals surface area (Å²) in [6, 6.07) is 0.0283. The fraction of sp³-hybridized carbons (Fsp3) is 0.556. The quantitative estimate of drug-likeness (QED) is 0.502. The highest BCUT2D eigenvalue weighted by atomic mass is 16.7. The molecule has 2 heterocycles. The van der Waals surface area contributed by atoms with E-state index in [4.69, 9.17) is 5.11 Å². The molecule has 2 aliphatic rings. The smallest absolute Gasteiger partial charge is 0.450 e. The number of rotatable bonds is 1. The normalized spacial score (nSPS) is 30.3. The number of fused-ring (bicyclic) bond motifs is 1. The molecule has 0 spiro atoms. The van der Waals surface area contributed by atoms with Crippen molar-refractivity contribution in [3.05, 3.63) is 12.2 Å². The van der Waals surface area contributed by atoms with E-state index in [0.29, 0.717) is 12.8 Å². The zero-order valence-electron chi connectivity index (χ0n) is 7.55. The summed E-state index contributed by atoms with van der Waals surface area (Å²) in [5.41, 5.74) is 0. The number of hydrogen-bond donors (Lipinski definition) is 1. The van der Waals surface area contributed by atoms with E-state index in [2.05, 4.69) is 4.74 Å². The van der Waals surface area contributed by atoms with Gasteiger partial charge < -0.3 is 14.7 Å². The van der Waals surface area contributed by atoms with Crippen molar-refractivity contribution in [3.8, 4) is 0 Å². The van der Waals surface area contributed by atoms with Crippen LogP contribution in [0.25, 0.3) is 0 Å². The lowest BCUT2D eigenvalue weighted by Crippen LogP contribution is -2.45. The molecule has 0 aromatic heterocycles. The molecule has 0 aromatic rings. The van der Waals surface area contributed by atoms with Crippen LogP contribution in [0.5, 0.6) is 0 Å². The SMILES string of the molecule is O=C(O)OC1CC=CC2CCC(=O)N21. The van der Waals surface area contributed by atoms with Crippen molar-refractivity contribution in [3.63, 3.8) is 0 Å². The van der Waals surface area contributed by atoms with E-state index < -0.39 is 12.4 Å². The minimum Gasteiger partial charge on any atom is -0.450 e. The molecule has 5 nitrogen and oxygen atoms in total. The highest BCUT2D eigenvalue weighted by Crippen LogP contribution is 2.28. The lowest BCUT2D eigenvalue weighted by molar-refractivity contribution is -0.139. The summed E-state index contributed by atoms with van der Waals surface area (Å²) in [7, 11) is 0. The molecule has 2 rings (SSSR count). The predicted octanol–water partition coefficient (Wildman–Crippen LogP) is 0.958. The Kier molecular flexibility index (Phi) is 2.15. The first-order valence-electron chi connectivity index (χ1n) is 4.56. The summed E-state index contributed by atoms with van der Waals surface area (Å²) >= 11 is 0.